The molecule has 2 aliphatic rings. The smallest absolute Gasteiger partial charge is 0.291 e. The molecule has 1 aromatic carbocycles. The van der Waals surface area contributed by atoms with Gasteiger partial charge in [0.25, 0.3) is 11.8 Å². The maximum absolute atomic E-state index is 12.9. The Morgan fingerprint density at radius 3 is 2.45 bits per heavy atom. The van der Waals surface area contributed by atoms with Gasteiger partial charge in [0.15, 0.2) is 5.82 Å². The first-order valence-electron chi connectivity index (χ1n) is 10.7. The molecule has 1 fully saturated rings. The first kappa shape index (κ1) is 19.5. The van der Waals surface area contributed by atoms with Gasteiger partial charge in [-0.05, 0) is 62.8 Å². The molecule has 3 heterocycles. The largest absolute Gasteiger partial charge is 0.372 e. The predicted octanol–water partition coefficient (Wildman–Crippen LogP) is 3.21. The number of hydrogen-bond donors (Lipinski definition) is 2. The van der Waals surface area contributed by atoms with Crippen molar-refractivity contribution >= 4 is 23.2 Å². The number of rotatable bonds is 6. The summed E-state index contributed by atoms with van der Waals surface area (Å²) in [5.41, 5.74) is 3.20. The minimum atomic E-state index is -0.267. The Morgan fingerprint density at radius 1 is 1.00 bits per heavy atom. The van der Waals surface area contributed by atoms with E-state index in [-0.39, 0.29) is 11.8 Å². The highest BCUT2D eigenvalue weighted by atomic mass is 16.2. The molecule has 29 heavy (non-hydrogen) atoms. The lowest BCUT2D eigenvalue weighted by atomic mass is 10.1. The van der Waals surface area contributed by atoms with Gasteiger partial charge in [0.2, 0.25) is 0 Å². The molecule has 1 aromatic heterocycles. The molecule has 7 nitrogen and oxygen atoms in total. The third kappa shape index (κ3) is 4.13. The molecule has 1 saturated heterocycles. The standard InChI is InChI=1S/C22H29N5O2/c1-2-12-23-21(28)19-18-7-3-4-15-27(18)20(25-19)22(29)24-16-8-10-17(11-9-16)26-13-5-6-14-26/h8-11H,2-7,12-15H2,1H3,(H,23,28)(H,24,29). The zero-order valence-corrected chi connectivity index (χ0v) is 17.0. The van der Waals surface area contributed by atoms with Gasteiger partial charge in [-0.1, -0.05) is 6.92 Å². The van der Waals surface area contributed by atoms with Gasteiger partial charge in [-0.15, -0.1) is 0 Å². The van der Waals surface area contributed by atoms with Gasteiger partial charge in [0.05, 0.1) is 5.69 Å². The summed E-state index contributed by atoms with van der Waals surface area (Å²) in [6, 6.07) is 7.96. The first-order chi connectivity index (χ1) is 14.2. The van der Waals surface area contributed by atoms with E-state index in [1.165, 1.54) is 18.5 Å². The Hall–Kier alpha value is -2.83. The quantitative estimate of drug-likeness (QED) is 0.787. The van der Waals surface area contributed by atoms with Crippen molar-refractivity contribution in [2.75, 3.05) is 29.9 Å². The van der Waals surface area contributed by atoms with Crippen LogP contribution in [0.5, 0.6) is 0 Å². The fourth-order valence-corrected chi connectivity index (χ4v) is 4.14. The second-order valence-corrected chi connectivity index (χ2v) is 7.79. The molecule has 2 amide bonds. The Balaban J connectivity index is 1.52. The lowest BCUT2D eigenvalue weighted by molar-refractivity contribution is 0.0947. The zero-order valence-electron chi connectivity index (χ0n) is 17.0. The van der Waals surface area contributed by atoms with Gasteiger partial charge in [0, 0.05) is 37.6 Å². The van der Waals surface area contributed by atoms with Crippen LogP contribution in [0.4, 0.5) is 11.4 Å². The van der Waals surface area contributed by atoms with Gasteiger partial charge in [-0.3, -0.25) is 9.59 Å². The number of carbonyl (C=O) groups is 2. The monoisotopic (exact) mass is 395 g/mol. The number of aromatic nitrogens is 2. The second-order valence-electron chi connectivity index (χ2n) is 7.79. The Kier molecular flexibility index (Phi) is 5.83. The van der Waals surface area contributed by atoms with Crippen LogP contribution in [0, 0.1) is 0 Å². The molecule has 2 aromatic rings. The molecular weight excluding hydrogens is 366 g/mol. The average Bonchev–Trinajstić information content (AvgIpc) is 3.41. The third-order valence-corrected chi connectivity index (χ3v) is 5.67. The summed E-state index contributed by atoms with van der Waals surface area (Å²) in [7, 11) is 0. The Labute approximate surface area is 171 Å². The maximum atomic E-state index is 12.9. The Bertz CT molecular complexity index is 881. The number of nitrogens with zero attached hydrogens (tertiary/aromatic N) is 3. The average molecular weight is 396 g/mol. The van der Waals surface area contributed by atoms with Gasteiger partial charge in [0.1, 0.15) is 5.69 Å². The summed E-state index contributed by atoms with van der Waals surface area (Å²) in [4.78, 5) is 32.3. The van der Waals surface area contributed by atoms with E-state index in [1.54, 1.807) is 0 Å². The van der Waals surface area contributed by atoms with Crippen molar-refractivity contribution in [1.29, 1.82) is 0 Å². The van der Waals surface area contributed by atoms with Crippen LogP contribution in [0.1, 0.15) is 65.8 Å². The zero-order chi connectivity index (χ0) is 20.2. The molecule has 0 aliphatic carbocycles. The van der Waals surface area contributed by atoms with E-state index in [1.807, 2.05) is 35.8 Å². The number of hydrogen-bond acceptors (Lipinski definition) is 4. The minimum absolute atomic E-state index is 0.188. The van der Waals surface area contributed by atoms with Crippen molar-refractivity contribution in [3.05, 3.63) is 41.5 Å². The number of imidazole rings is 1. The number of nitrogens with one attached hydrogen (secondary N) is 2. The van der Waals surface area contributed by atoms with Crippen LogP contribution in [0.15, 0.2) is 24.3 Å². The third-order valence-electron chi connectivity index (χ3n) is 5.67. The molecule has 154 valence electrons. The number of anilines is 2. The number of amides is 2. The highest BCUT2D eigenvalue weighted by Crippen LogP contribution is 2.24. The van der Waals surface area contributed by atoms with Crippen molar-refractivity contribution in [2.45, 2.75) is 52.0 Å². The lowest BCUT2D eigenvalue weighted by Gasteiger charge is -2.18. The number of carbonyl (C=O) groups excluding carboxylic acids is 2. The number of fused-ring (bicyclic) bond motifs is 1. The molecule has 7 heteroatoms. The predicted molar refractivity (Wildman–Crippen MR) is 114 cm³/mol. The van der Waals surface area contributed by atoms with Crippen molar-refractivity contribution in [2.24, 2.45) is 0 Å². The second kappa shape index (κ2) is 8.68. The highest BCUT2D eigenvalue weighted by molar-refractivity contribution is 6.03. The van der Waals surface area contributed by atoms with E-state index in [0.717, 1.165) is 56.7 Å². The van der Waals surface area contributed by atoms with E-state index in [0.29, 0.717) is 18.1 Å². The molecule has 0 radical (unpaired) electrons. The van der Waals surface area contributed by atoms with Gasteiger partial charge in [-0.2, -0.15) is 0 Å². The lowest BCUT2D eigenvalue weighted by Crippen LogP contribution is -2.26. The summed E-state index contributed by atoms with van der Waals surface area (Å²) >= 11 is 0. The minimum Gasteiger partial charge on any atom is -0.372 e. The van der Waals surface area contributed by atoms with Crippen LogP contribution in [-0.4, -0.2) is 41.0 Å². The summed E-state index contributed by atoms with van der Waals surface area (Å²) in [5, 5.41) is 5.83. The fourth-order valence-electron chi connectivity index (χ4n) is 4.14. The van der Waals surface area contributed by atoms with Crippen LogP contribution in [0.3, 0.4) is 0 Å². The van der Waals surface area contributed by atoms with E-state index >= 15 is 0 Å². The molecule has 0 saturated carbocycles. The maximum Gasteiger partial charge on any atom is 0.291 e. The molecule has 0 spiro atoms. The van der Waals surface area contributed by atoms with Gasteiger partial charge >= 0.3 is 0 Å². The number of benzene rings is 1. The normalized spacial score (nSPS) is 15.8. The fraction of sp³-hybridized carbons (Fsp3) is 0.500. The van der Waals surface area contributed by atoms with E-state index in [9.17, 15) is 9.59 Å². The molecular formula is C22H29N5O2. The molecule has 2 N–H and O–H groups in total. The molecule has 4 rings (SSSR count). The van der Waals surface area contributed by atoms with E-state index in [2.05, 4.69) is 20.5 Å². The van der Waals surface area contributed by atoms with Gasteiger partial charge < -0.3 is 20.1 Å². The van der Waals surface area contributed by atoms with Crippen LogP contribution in [0.25, 0.3) is 0 Å². The molecule has 0 unspecified atom stereocenters. The molecule has 0 bridgehead atoms. The molecule has 2 aliphatic heterocycles. The van der Waals surface area contributed by atoms with Gasteiger partial charge in [-0.25, -0.2) is 4.98 Å². The summed E-state index contributed by atoms with van der Waals surface area (Å²) in [6.07, 6.45) is 6.11. The van der Waals surface area contributed by atoms with Crippen molar-refractivity contribution in [3.8, 4) is 0 Å². The van der Waals surface area contributed by atoms with E-state index in [4.69, 9.17) is 0 Å². The van der Waals surface area contributed by atoms with Crippen LogP contribution in [-0.2, 0) is 13.0 Å². The topological polar surface area (TPSA) is 79.3 Å². The summed E-state index contributed by atoms with van der Waals surface area (Å²) < 4.78 is 1.91. The van der Waals surface area contributed by atoms with Crippen molar-refractivity contribution in [1.82, 2.24) is 14.9 Å². The first-order valence-corrected chi connectivity index (χ1v) is 10.7. The van der Waals surface area contributed by atoms with E-state index < -0.39 is 0 Å². The van der Waals surface area contributed by atoms with Crippen LogP contribution in [0.2, 0.25) is 0 Å². The van der Waals surface area contributed by atoms with Crippen molar-refractivity contribution in [3.63, 3.8) is 0 Å². The summed E-state index contributed by atoms with van der Waals surface area (Å²) in [6.45, 7) is 5.52. The molecule has 0 atom stereocenters. The van der Waals surface area contributed by atoms with Crippen molar-refractivity contribution < 1.29 is 9.59 Å². The SMILES string of the molecule is CCCNC(=O)c1nc(C(=O)Nc2ccc(N3CCCC3)cc2)n2c1CCCC2. The Morgan fingerprint density at radius 2 is 1.72 bits per heavy atom. The highest BCUT2D eigenvalue weighted by Gasteiger charge is 2.27. The van der Waals surface area contributed by atoms with Crippen LogP contribution < -0.4 is 15.5 Å². The summed E-state index contributed by atoms with van der Waals surface area (Å²) in [5.74, 6) is -0.131. The van der Waals surface area contributed by atoms with Crippen LogP contribution >= 0.6 is 0 Å².